The van der Waals surface area contributed by atoms with Crippen LogP contribution in [0.4, 0.5) is 22.0 Å². The summed E-state index contributed by atoms with van der Waals surface area (Å²) in [7, 11) is 0. The third-order valence-electron chi connectivity index (χ3n) is 5.43. The highest BCUT2D eigenvalue weighted by Gasteiger charge is 2.52. The zero-order valence-electron chi connectivity index (χ0n) is 21.7. The highest BCUT2D eigenvalue weighted by atomic mass is 35.5. The van der Waals surface area contributed by atoms with Crippen LogP contribution in [0.15, 0.2) is 53.4 Å². The third kappa shape index (κ3) is 11.1. The fourth-order valence-electron chi connectivity index (χ4n) is 3.44. The molecule has 7 nitrogen and oxygen atoms in total. The number of hydrogen-bond donors (Lipinski definition) is 3. The first-order chi connectivity index (χ1) is 19.0. The molecule has 0 fully saturated rings. The molecule has 0 saturated heterocycles. The van der Waals surface area contributed by atoms with E-state index >= 15 is 0 Å². The van der Waals surface area contributed by atoms with Gasteiger partial charge in [-0.25, -0.2) is 0 Å². The van der Waals surface area contributed by atoms with Gasteiger partial charge in [-0.05, 0) is 29.7 Å². The van der Waals surface area contributed by atoms with E-state index in [1.165, 1.54) is 19.9 Å². The molecule has 41 heavy (non-hydrogen) atoms. The second-order valence-electron chi connectivity index (χ2n) is 9.17. The smallest absolute Gasteiger partial charge is 0.344 e. The minimum Gasteiger partial charge on any atom is -0.344 e. The number of carbonyl (C=O) groups is 4. The number of halogens is 7. The Balaban J connectivity index is 2.20. The standard InChI is InChI=1S/C26H26Cl2F5N3O4S/c1-14(2)21(22(38)26(32,33)24(40)34-13-25(29,30)31)36-23(39)19(8-15-6-4-3-5-7-15)35-20(37)12-41-18-10-16(27)9-17(28)11-18/h3-7,9-11,14,19,21H,8,12-13H2,1-2H3,(H,34,40)(H,35,37)(H,36,39)/t19-,21-/m0/s1. The van der Waals surface area contributed by atoms with Crippen LogP contribution < -0.4 is 16.0 Å². The molecule has 0 bridgehead atoms. The summed E-state index contributed by atoms with van der Waals surface area (Å²) in [6.07, 6.45) is -5.08. The van der Waals surface area contributed by atoms with E-state index in [4.69, 9.17) is 23.2 Å². The van der Waals surface area contributed by atoms with Crippen molar-refractivity contribution in [2.24, 2.45) is 5.92 Å². The molecule has 0 aliphatic rings. The van der Waals surface area contributed by atoms with E-state index in [9.17, 15) is 41.1 Å². The van der Waals surface area contributed by atoms with Crippen molar-refractivity contribution in [3.05, 3.63) is 64.1 Å². The molecule has 0 heterocycles. The molecule has 2 atom stereocenters. The van der Waals surface area contributed by atoms with Crippen molar-refractivity contribution in [2.75, 3.05) is 12.3 Å². The van der Waals surface area contributed by atoms with Gasteiger partial charge in [0.15, 0.2) is 0 Å². The van der Waals surface area contributed by atoms with Gasteiger partial charge in [0, 0.05) is 21.4 Å². The highest BCUT2D eigenvalue weighted by molar-refractivity contribution is 8.00. The van der Waals surface area contributed by atoms with Crippen LogP contribution in [-0.2, 0) is 25.6 Å². The van der Waals surface area contributed by atoms with Gasteiger partial charge in [-0.15, -0.1) is 11.8 Å². The fourth-order valence-corrected chi connectivity index (χ4v) is 4.90. The Labute approximate surface area is 246 Å². The van der Waals surface area contributed by atoms with Crippen LogP contribution in [0.25, 0.3) is 0 Å². The van der Waals surface area contributed by atoms with Crippen LogP contribution in [0.2, 0.25) is 10.0 Å². The number of thioether (sulfide) groups is 1. The molecule has 2 aromatic rings. The first-order valence-corrected chi connectivity index (χ1v) is 13.7. The van der Waals surface area contributed by atoms with Gasteiger partial charge in [-0.3, -0.25) is 19.2 Å². The fraction of sp³-hybridized carbons (Fsp3) is 0.385. The van der Waals surface area contributed by atoms with Crippen molar-refractivity contribution in [3.8, 4) is 0 Å². The molecule has 0 aromatic heterocycles. The lowest BCUT2D eigenvalue weighted by Crippen LogP contribution is -2.59. The SMILES string of the molecule is CC(C)[C@H](NC(=O)[C@H](Cc1ccccc1)NC(=O)CSc1cc(Cl)cc(Cl)c1)C(=O)C(F)(F)C(=O)NCC(F)(F)F. The van der Waals surface area contributed by atoms with E-state index in [0.717, 1.165) is 17.1 Å². The van der Waals surface area contributed by atoms with Gasteiger partial charge < -0.3 is 16.0 Å². The van der Waals surface area contributed by atoms with Gasteiger partial charge in [0.25, 0.3) is 5.91 Å². The number of benzene rings is 2. The summed E-state index contributed by atoms with van der Waals surface area (Å²) in [4.78, 5) is 50.9. The predicted octanol–water partition coefficient (Wildman–Crippen LogP) is 4.84. The third-order valence-corrected chi connectivity index (χ3v) is 6.84. The number of Topliss-reactive ketones (excluding diaryl/α,β-unsaturated/α-hetero) is 1. The van der Waals surface area contributed by atoms with Gasteiger partial charge in [-0.1, -0.05) is 67.4 Å². The number of hydrogen-bond acceptors (Lipinski definition) is 5. The summed E-state index contributed by atoms with van der Waals surface area (Å²) in [5, 5.41) is 6.31. The summed E-state index contributed by atoms with van der Waals surface area (Å²) < 4.78 is 66.2. The quantitative estimate of drug-likeness (QED) is 0.165. The number of alkyl halides is 5. The Hall–Kier alpha value is -2.90. The summed E-state index contributed by atoms with van der Waals surface area (Å²) in [5.74, 6) is -12.2. The molecule has 3 N–H and O–H groups in total. The number of rotatable bonds is 13. The summed E-state index contributed by atoms with van der Waals surface area (Å²) in [6, 6.07) is 9.71. The summed E-state index contributed by atoms with van der Waals surface area (Å²) in [6.45, 7) is 0.520. The maximum Gasteiger partial charge on any atom is 0.405 e. The molecule has 2 aromatic carbocycles. The van der Waals surface area contributed by atoms with Crippen molar-refractivity contribution in [2.45, 2.75) is 49.3 Å². The van der Waals surface area contributed by atoms with Crippen LogP contribution >= 0.6 is 35.0 Å². The van der Waals surface area contributed by atoms with Crippen LogP contribution in [0.5, 0.6) is 0 Å². The Morgan fingerprint density at radius 3 is 2.02 bits per heavy atom. The van der Waals surface area contributed by atoms with Gasteiger partial charge in [0.05, 0.1) is 11.8 Å². The van der Waals surface area contributed by atoms with Crippen molar-refractivity contribution in [1.82, 2.24) is 16.0 Å². The zero-order chi connectivity index (χ0) is 31.0. The first kappa shape index (κ1) is 34.3. The number of ketones is 1. The van der Waals surface area contributed by atoms with E-state index in [1.54, 1.807) is 42.5 Å². The zero-order valence-corrected chi connectivity index (χ0v) is 24.0. The minimum absolute atomic E-state index is 0.0897. The monoisotopic (exact) mass is 641 g/mol. The second kappa shape index (κ2) is 14.8. The van der Waals surface area contributed by atoms with Crippen molar-refractivity contribution >= 4 is 58.5 Å². The maximum absolute atomic E-state index is 14.6. The normalized spacial score (nSPS) is 13.3. The molecular formula is C26H26Cl2F5N3O4S. The van der Waals surface area contributed by atoms with E-state index < -0.39 is 60.1 Å². The van der Waals surface area contributed by atoms with Crippen molar-refractivity contribution in [3.63, 3.8) is 0 Å². The molecule has 224 valence electrons. The molecule has 0 unspecified atom stereocenters. The van der Waals surface area contributed by atoms with Crippen molar-refractivity contribution < 1.29 is 41.1 Å². The molecule has 0 saturated carbocycles. The minimum atomic E-state index is -4.99. The lowest BCUT2D eigenvalue weighted by molar-refractivity contribution is -0.165. The molecule has 15 heteroatoms. The van der Waals surface area contributed by atoms with Gasteiger partial charge in [0.2, 0.25) is 17.6 Å². The molecular weight excluding hydrogens is 616 g/mol. The predicted molar refractivity (Wildman–Crippen MR) is 145 cm³/mol. The largest absolute Gasteiger partial charge is 0.405 e. The van der Waals surface area contributed by atoms with Gasteiger partial charge >= 0.3 is 12.1 Å². The molecule has 0 aliphatic heterocycles. The molecule has 0 radical (unpaired) electrons. The maximum atomic E-state index is 14.6. The lowest BCUT2D eigenvalue weighted by Gasteiger charge is -2.27. The number of amides is 3. The Morgan fingerprint density at radius 2 is 1.49 bits per heavy atom. The highest BCUT2D eigenvalue weighted by Crippen LogP contribution is 2.26. The van der Waals surface area contributed by atoms with E-state index in [2.05, 4.69) is 10.6 Å². The molecule has 2 rings (SSSR count). The molecule has 0 aliphatic carbocycles. The van der Waals surface area contributed by atoms with E-state index in [0.29, 0.717) is 20.5 Å². The number of nitrogens with one attached hydrogen (secondary N) is 3. The average molecular weight is 642 g/mol. The Kier molecular flexibility index (Phi) is 12.4. The molecule has 3 amide bonds. The van der Waals surface area contributed by atoms with E-state index in [1.807, 2.05) is 0 Å². The second-order valence-corrected chi connectivity index (χ2v) is 11.1. The topological polar surface area (TPSA) is 104 Å². The van der Waals surface area contributed by atoms with Gasteiger partial charge in [0.1, 0.15) is 12.6 Å². The van der Waals surface area contributed by atoms with Crippen molar-refractivity contribution in [1.29, 1.82) is 0 Å². The summed E-state index contributed by atoms with van der Waals surface area (Å²) in [5.41, 5.74) is 0.589. The van der Waals surface area contributed by atoms with Crippen LogP contribution in [-0.4, -0.2) is 60.0 Å². The summed E-state index contributed by atoms with van der Waals surface area (Å²) >= 11 is 13.0. The van der Waals surface area contributed by atoms with Crippen LogP contribution in [0.1, 0.15) is 19.4 Å². The average Bonchev–Trinajstić information content (AvgIpc) is 2.87. The Morgan fingerprint density at radius 1 is 0.902 bits per heavy atom. The van der Waals surface area contributed by atoms with Gasteiger partial charge in [-0.2, -0.15) is 22.0 Å². The lowest BCUT2D eigenvalue weighted by atomic mass is 9.94. The first-order valence-electron chi connectivity index (χ1n) is 12.0. The molecule has 0 spiro atoms. The van der Waals surface area contributed by atoms with E-state index in [-0.39, 0.29) is 12.2 Å². The Bertz CT molecular complexity index is 1230. The number of carbonyl (C=O) groups excluding carboxylic acids is 4. The van der Waals surface area contributed by atoms with Crippen LogP contribution in [0.3, 0.4) is 0 Å². The van der Waals surface area contributed by atoms with Crippen LogP contribution in [0, 0.1) is 5.92 Å².